The van der Waals surface area contributed by atoms with Crippen molar-refractivity contribution < 1.29 is 22.2 Å². The molecular weight excluding hydrogens is 504 g/mol. The van der Waals surface area contributed by atoms with Gasteiger partial charge in [0.2, 0.25) is 0 Å². The minimum atomic E-state index is -3.32. The Balaban J connectivity index is 1.56. The van der Waals surface area contributed by atoms with Gasteiger partial charge in [0, 0.05) is 22.3 Å². The second-order valence-electron chi connectivity index (χ2n) is 11.1. The number of urea groups is 1. The van der Waals surface area contributed by atoms with Crippen molar-refractivity contribution in [3.63, 3.8) is 0 Å². The third kappa shape index (κ3) is 4.84. The number of quaternary nitrogens is 2. The predicted molar refractivity (Wildman–Crippen MR) is 153 cm³/mol. The average molecular weight is 539 g/mol. The average Bonchev–Trinajstić information content (AvgIpc) is 3.36. The maximum atomic E-state index is 15.3. The number of sulfone groups is 1. The molecule has 2 atom stereocenters. The third-order valence-electron chi connectivity index (χ3n) is 8.56. The van der Waals surface area contributed by atoms with Crippen LogP contribution in [0.5, 0.6) is 0 Å². The van der Waals surface area contributed by atoms with Crippen LogP contribution in [0.2, 0.25) is 0 Å². The lowest BCUT2D eigenvalue weighted by Gasteiger charge is -2.36. The van der Waals surface area contributed by atoms with Gasteiger partial charge >= 0.3 is 6.03 Å². The Kier molecular flexibility index (Phi) is 6.71. The van der Waals surface area contributed by atoms with Crippen LogP contribution in [-0.4, -0.2) is 47.0 Å². The molecule has 6 rings (SSSR count). The highest BCUT2D eigenvalue weighted by molar-refractivity contribution is 7.91. The van der Waals surface area contributed by atoms with Crippen molar-refractivity contribution in [2.24, 2.45) is 0 Å². The smallest absolute Gasteiger partial charge is 0.228 e. The molecule has 2 fully saturated rings. The highest BCUT2D eigenvalue weighted by atomic mass is 32.2. The summed E-state index contributed by atoms with van der Waals surface area (Å²) in [5.41, 5.74) is 4.18. The van der Waals surface area contributed by atoms with Gasteiger partial charge < -0.3 is 0 Å². The van der Waals surface area contributed by atoms with E-state index in [1.807, 2.05) is 72.8 Å². The Hall–Kier alpha value is -3.58. The normalized spacial score (nSPS) is 22.4. The molecule has 2 heterocycles. The Morgan fingerprint density at radius 3 is 1.00 bits per heavy atom. The van der Waals surface area contributed by atoms with Crippen LogP contribution in [-0.2, 0) is 36.0 Å². The van der Waals surface area contributed by atoms with E-state index in [4.69, 9.17) is 0 Å². The largest absolute Gasteiger partial charge is 0.516 e. The third-order valence-corrected chi connectivity index (χ3v) is 10.3. The molecule has 0 saturated carbocycles. The maximum absolute atomic E-state index is 15.3. The first-order valence-electron chi connectivity index (χ1n) is 13.6. The van der Waals surface area contributed by atoms with Gasteiger partial charge in [0.05, 0.1) is 0 Å². The number of hydrogen-bond donors (Lipinski definition) is 0. The Labute approximate surface area is 231 Å². The minimum Gasteiger partial charge on any atom is -0.228 e. The molecule has 2 saturated heterocycles. The Bertz CT molecular complexity index is 1350. The number of benzene rings is 4. The Morgan fingerprint density at radius 1 is 0.487 bits per heavy atom. The van der Waals surface area contributed by atoms with Crippen LogP contribution in [0.4, 0.5) is 4.79 Å². The van der Waals surface area contributed by atoms with E-state index in [0.717, 1.165) is 22.3 Å². The van der Waals surface area contributed by atoms with Gasteiger partial charge in [-0.15, -0.1) is 0 Å². The zero-order chi connectivity index (χ0) is 26.9. The van der Waals surface area contributed by atoms with Crippen molar-refractivity contribution in [1.29, 1.82) is 0 Å². The molecule has 6 heteroatoms. The van der Waals surface area contributed by atoms with E-state index in [2.05, 4.69) is 48.5 Å². The molecule has 4 aromatic rings. The van der Waals surface area contributed by atoms with Crippen LogP contribution in [0.3, 0.4) is 0 Å². The molecular formula is C33H34N2O3S+2. The van der Waals surface area contributed by atoms with Crippen LogP contribution in [0.1, 0.15) is 22.3 Å². The topological polar surface area (TPSA) is 51.2 Å². The molecule has 0 spiro atoms. The van der Waals surface area contributed by atoms with Gasteiger partial charge in [0.15, 0.2) is 21.9 Å². The fourth-order valence-electron chi connectivity index (χ4n) is 6.92. The fourth-order valence-corrected chi connectivity index (χ4v) is 9.11. The highest BCUT2D eigenvalue weighted by Crippen LogP contribution is 2.47. The van der Waals surface area contributed by atoms with Crippen LogP contribution in [0, 0.1) is 0 Å². The van der Waals surface area contributed by atoms with E-state index in [-0.39, 0.29) is 38.6 Å². The molecule has 5 nitrogen and oxygen atoms in total. The van der Waals surface area contributed by atoms with Crippen molar-refractivity contribution in [1.82, 2.24) is 0 Å². The SMILES string of the molecule is O=C1[N+](Cc2ccccc2)(Cc2ccccc2)[C@@H]2CS(=O)(=O)C[C@@H]2[N+]1(Cc1ccccc1)Cc1ccccc1. The molecule has 0 radical (unpaired) electrons. The summed E-state index contributed by atoms with van der Waals surface area (Å²) < 4.78 is 27.0. The van der Waals surface area contributed by atoms with Crippen LogP contribution >= 0.6 is 0 Å². The number of rotatable bonds is 8. The van der Waals surface area contributed by atoms with Crippen molar-refractivity contribution in [3.8, 4) is 0 Å². The molecule has 198 valence electrons. The van der Waals surface area contributed by atoms with E-state index in [1.54, 1.807) is 0 Å². The zero-order valence-electron chi connectivity index (χ0n) is 22.0. The maximum Gasteiger partial charge on any atom is 0.516 e. The first kappa shape index (κ1) is 25.7. The molecule has 4 aromatic carbocycles. The summed E-state index contributed by atoms with van der Waals surface area (Å²) in [6, 6.07) is 39.8. The van der Waals surface area contributed by atoms with Gasteiger partial charge in [-0.05, 0) is 0 Å². The van der Waals surface area contributed by atoms with Crippen LogP contribution in [0.15, 0.2) is 121 Å². The van der Waals surface area contributed by atoms with Crippen LogP contribution in [0.25, 0.3) is 0 Å². The highest BCUT2D eigenvalue weighted by Gasteiger charge is 2.74. The summed E-state index contributed by atoms with van der Waals surface area (Å²) in [7, 11) is -3.32. The van der Waals surface area contributed by atoms with Gasteiger partial charge in [-0.2, -0.15) is 13.8 Å². The number of carbonyl (C=O) groups is 1. The zero-order valence-corrected chi connectivity index (χ0v) is 22.8. The van der Waals surface area contributed by atoms with Crippen molar-refractivity contribution in [2.45, 2.75) is 38.3 Å². The molecule has 2 amide bonds. The molecule has 0 aromatic heterocycles. The van der Waals surface area contributed by atoms with Crippen molar-refractivity contribution in [3.05, 3.63) is 144 Å². The number of amides is 2. The second-order valence-corrected chi connectivity index (χ2v) is 13.3. The molecule has 0 aliphatic carbocycles. The summed E-state index contributed by atoms with van der Waals surface area (Å²) in [6.07, 6.45) is 0. The summed E-state index contributed by atoms with van der Waals surface area (Å²) >= 11 is 0. The second kappa shape index (κ2) is 10.2. The number of hydrogen-bond acceptors (Lipinski definition) is 3. The van der Waals surface area contributed by atoms with E-state index in [9.17, 15) is 8.42 Å². The molecule has 0 bridgehead atoms. The van der Waals surface area contributed by atoms with Gasteiger partial charge in [0.25, 0.3) is 0 Å². The van der Waals surface area contributed by atoms with Gasteiger partial charge in [-0.1, -0.05) is 121 Å². The van der Waals surface area contributed by atoms with E-state index < -0.39 is 9.84 Å². The standard InChI is InChI=1S/C33H34N2O3S/c36-33-34(21-27-13-5-1-6-14-27,22-28-15-7-2-8-16-28)31-25-39(37,38)26-32(31)35(33,23-29-17-9-3-10-18-29)24-30-19-11-4-12-20-30/h1-20,31-32H,21-26H2/q+2/t31-,32+. The lowest BCUT2D eigenvalue weighted by molar-refractivity contribution is -0.950. The summed E-state index contributed by atoms with van der Waals surface area (Å²) in [5, 5.41) is 0. The molecule has 0 N–H and O–H groups in total. The van der Waals surface area contributed by atoms with Crippen LogP contribution < -0.4 is 0 Å². The number of carbonyl (C=O) groups excluding carboxylic acids is 1. The summed E-state index contributed by atoms with van der Waals surface area (Å²) in [6.45, 7) is 1.87. The molecule has 39 heavy (non-hydrogen) atoms. The number of nitrogens with zero attached hydrogens (tertiary/aromatic N) is 2. The van der Waals surface area contributed by atoms with Gasteiger partial charge in [-0.3, -0.25) is 0 Å². The predicted octanol–water partition coefficient (Wildman–Crippen LogP) is 5.72. The first-order chi connectivity index (χ1) is 18.9. The summed E-state index contributed by atoms with van der Waals surface area (Å²) in [5.74, 6) is 0.0688. The van der Waals surface area contributed by atoms with E-state index >= 15 is 4.79 Å². The van der Waals surface area contributed by atoms with Crippen molar-refractivity contribution in [2.75, 3.05) is 11.5 Å². The lowest BCUT2D eigenvalue weighted by Crippen LogP contribution is -2.59. The van der Waals surface area contributed by atoms with Gasteiger partial charge in [0.1, 0.15) is 37.7 Å². The lowest BCUT2D eigenvalue weighted by atomic mass is 10.0. The summed E-state index contributed by atoms with van der Waals surface area (Å²) in [4.78, 5) is 15.3. The molecule has 2 aliphatic heterocycles. The monoisotopic (exact) mass is 538 g/mol. The molecule has 2 aliphatic rings. The van der Waals surface area contributed by atoms with Crippen molar-refractivity contribution >= 4 is 15.9 Å². The number of fused-ring (bicyclic) bond motifs is 1. The van der Waals surface area contributed by atoms with E-state index in [0.29, 0.717) is 26.2 Å². The quantitative estimate of drug-likeness (QED) is 0.213. The Morgan fingerprint density at radius 2 is 0.744 bits per heavy atom. The van der Waals surface area contributed by atoms with Gasteiger partial charge in [-0.25, -0.2) is 8.42 Å². The minimum absolute atomic E-state index is 0.0344. The first-order valence-corrected chi connectivity index (χ1v) is 15.4. The molecule has 0 unspecified atom stereocenters. The fraction of sp³-hybridized carbons (Fsp3) is 0.242. The van der Waals surface area contributed by atoms with E-state index in [1.165, 1.54) is 0 Å².